The lowest BCUT2D eigenvalue weighted by Gasteiger charge is -2.01. The first-order chi connectivity index (χ1) is 14.1. The average Bonchev–Trinajstić information content (AvgIpc) is 3.00. The molecule has 3 aromatic carbocycles. The molecule has 142 valence electrons. The molecule has 0 amide bonds. The van der Waals surface area contributed by atoms with E-state index >= 15 is 0 Å². The van der Waals surface area contributed by atoms with Crippen LogP contribution in [0.1, 0.15) is 21.5 Å². The Bertz CT molecular complexity index is 1210. The Morgan fingerprint density at radius 3 is 1.66 bits per heavy atom. The van der Waals surface area contributed by atoms with E-state index in [2.05, 4.69) is 30.7 Å². The van der Waals surface area contributed by atoms with Crippen LogP contribution in [-0.4, -0.2) is 19.9 Å². The summed E-state index contributed by atoms with van der Waals surface area (Å²) < 4.78 is 0. The van der Waals surface area contributed by atoms with Gasteiger partial charge in [-0.05, 0) is 66.1 Å². The van der Waals surface area contributed by atoms with Crippen molar-refractivity contribution >= 4 is 28.5 Å². The van der Waals surface area contributed by atoms with Crippen LogP contribution in [0.5, 0.6) is 0 Å². The molecule has 0 atom stereocenters. The van der Waals surface area contributed by atoms with Gasteiger partial charge >= 0.3 is 0 Å². The van der Waals surface area contributed by atoms with Crippen molar-refractivity contribution in [2.45, 2.75) is 6.92 Å². The number of aryl methyl sites for hydroxylation is 1. The maximum atomic E-state index is 12.9. The molecule has 29 heavy (non-hydrogen) atoms. The highest BCUT2D eigenvalue weighted by molar-refractivity contribution is 6.22. The molecule has 1 aliphatic rings. The number of hydrogen-bond donors (Lipinski definition) is 0. The monoisotopic (exact) mass is 382 g/mol. The molecule has 0 heterocycles. The second-order valence-corrected chi connectivity index (χ2v) is 6.56. The largest absolute Gasteiger partial charge is 0.289 e. The Morgan fingerprint density at radius 1 is 0.586 bits per heavy atom. The molecule has 3 aromatic rings. The molecule has 7 nitrogen and oxygen atoms in total. The van der Waals surface area contributed by atoms with Crippen molar-refractivity contribution in [1.29, 1.82) is 0 Å². The molecular weight excluding hydrogens is 364 g/mol. The lowest BCUT2D eigenvalue weighted by Crippen LogP contribution is -1.94. The van der Waals surface area contributed by atoms with Crippen LogP contribution in [0.3, 0.4) is 0 Å². The normalized spacial score (nSPS) is 13.0. The topological polar surface area (TPSA) is 91.2 Å². The number of nitrogens with zero attached hydrogens (tertiary/aromatic N) is 6. The smallest absolute Gasteiger partial charge is 0.194 e. The highest BCUT2D eigenvalue weighted by Gasteiger charge is 2.27. The van der Waals surface area contributed by atoms with Gasteiger partial charge in [0.2, 0.25) is 0 Å². The standard InChI is InChI=1S/C22H18N6O/c1-13-10-14(6-9-21(13)28-24-3)26-27-16-5-8-18-17-7-4-15(25-23-2)11-19(17)22(29)20(18)12-16/h4-12H,1-3H3. The van der Waals surface area contributed by atoms with E-state index in [0.29, 0.717) is 28.2 Å². The molecule has 0 unspecified atom stereocenters. The molecule has 0 saturated heterocycles. The van der Waals surface area contributed by atoms with E-state index in [1.54, 1.807) is 26.2 Å². The molecule has 0 N–H and O–H groups in total. The molecule has 0 bridgehead atoms. The van der Waals surface area contributed by atoms with E-state index in [4.69, 9.17) is 0 Å². The number of fused-ring (bicyclic) bond motifs is 3. The number of rotatable bonds is 4. The van der Waals surface area contributed by atoms with Gasteiger partial charge in [-0.2, -0.15) is 30.7 Å². The van der Waals surface area contributed by atoms with Gasteiger partial charge in [-0.1, -0.05) is 12.1 Å². The summed E-state index contributed by atoms with van der Waals surface area (Å²) in [7, 11) is 3.24. The minimum Gasteiger partial charge on any atom is -0.289 e. The predicted octanol–water partition coefficient (Wildman–Crippen LogP) is 7.05. The Morgan fingerprint density at radius 2 is 1.10 bits per heavy atom. The van der Waals surface area contributed by atoms with E-state index in [0.717, 1.165) is 22.4 Å². The van der Waals surface area contributed by atoms with Gasteiger partial charge in [-0.25, -0.2) is 0 Å². The second-order valence-electron chi connectivity index (χ2n) is 6.56. The Balaban J connectivity index is 1.63. The molecule has 0 aliphatic heterocycles. The summed E-state index contributed by atoms with van der Waals surface area (Å²) in [5, 5.41) is 24.2. The third-order valence-corrected chi connectivity index (χ3v) is 4.67. The fraction of sp³-hybridized carbons (Fsp3) is 0.136. The first-order valence-electron chi connectivity index (χ1n) is 9.06. The highest BCUT2D eigenvalue weighted by Crippen LogP contribution is 2.40. The Labute approximate surface area is 168 Å². The third-order valence-electron chi connectivity index (χ3n) is 4.67. The fourth-order valence-corrected chi connectivity index (χ4v) is 3.33. The second kappa shape index (κ2) is 7.63. The summed E-state index contributed by atoms with van der Waals surface area (Å²) >= 11 is 0. The summed E-state index contributed by atoms with van der Waals surface area (Å²) in [6.07, 6.45) is 0. The fourth-order valence-electron chi connectivity index (χ4n) is 3.33. The molecule has 0 fully saturated rings. The minimum absolute atomic E-state index is 0.0367. The lowest BCUT2D eigenvalue weighted by atomic mass is 10.1. The van der Waals surface area contributed by atoms with Crippen molar-refractivity contribution in [2.75, 3.05) is 14.1 Å². The summed E-state index contributed by atoms with van der Waals surface area (Å²) in [4.78, 5) is 12.9. The van der Waals surface area contributed by atoms with Crippen molar-refractivity contribution in [2.24, 2.45) is 30.7 Å². The first-order valence-corrected chi connectivity index (χ1v) is 9.06. The summed E-state index contributed by atoms with van der Waals surface area (Å²) in [5.41, 5.74) is 6.81. The van der Waals surface area contributed by atoms with Gasteiger partial charge in [0.05, 0.1) is 22.7 Å². The molecule has 0 aromatic heterocycles. The van der Waals surface area contributed by atoms with Gasteiger partial charge in [-0.15, -0.1) is 0 Å². The van der Waals surface area contributed by atoms with Crippen LogP contribution in [0.15, 0.2) is 85.3 Å². The minimum atomic E-state index is -0.0367. The van der Waals surface area contributed by atoms with E-state index in [1.165, 1.54) is 0 Å². The van der Waals surface area contributed by atoms with Gasteiger partial charge in [-0.3, -0.25) is 4.79 Å². The van der Waals surface area contributed by atoms with Gasteiger partial charge in [0.25, 0.3) is 0 Å². The van der Waals surface area contributed by atoms with Crippen LogP contribution in [0.25, 0.3) is 11.1 Å². The molecule has 7 heteroatoms. The summed E-state index contributed by atoms with van der Waals surface area (Å²) in [6.45, 7) is 1.95. The number of ketones is 1. The molecule has 0 spiro atoms. The summed E-state index contributed by atoms with van der Waals surface area (Å²) in [5.74, 6) is -0.0367. The van der Waals surface area contributed by atoms with Gasteiger partial charge in [0.15, 0.2) is 5.78 Å². The lowest BCUT2D eigenvalue weighted by molar-refractivity contribution is 0.104. The van der Waals surface area contributed by atoms with E-state index in [1.807, 2.05) is 49.4 Å². The van der Waals surface area contributed by atoms with E-state index in [-0.39, 0.29) is 5.78 Å². The van der Waals surface area contributed by atoms with Crippen LogP contribution in [0, 0.1) is 6.92 Å². The number of azo groups is 3. The zero-order chi connectivity index (χ0) is 20.4. The van der Waals surface area contributed by atoms with Crippen LogP contribution >= 0.6 is 0 Å². The number of benzene rings is 3. The molecular formula is C22H18N6O. The van der Waals surface area contributed by atoms with Crippen molar-refractivity contribution in [3.05, 3.63) is 71.3 Å². The molecule has 0 radical (unpaired) electrons. The molecule has 0 saturated carbocycles. The number of hydrogen-bond acceptors (Lipinski definition) is 7. The van der Waals surface area contributed by atoms with Gasteiger partial charge in [0.1, 0.15) is 0 Å². The van der Waals surface area contributed by atoms with Crippen LogP contribution in [-0.2, 0) is 0 Å². The van der Waals surface area contributed by atoms with Crippen molar-refractivity contribution in [3.63, 3.8) is 0 Å². The summed E-state index contributed by atoms with van der Waals surface area (Å²) in [6, 6.07) is 16.6. The predicted molar refractivity (Wildman–Crippen MR) is 112 cm³/mol. The van der Waals surface area contributed by atoms with E-state index in [9.17, 15) is 4.79 Å². The zero-order valence-electron chi connectivity index (χ0n) is 16.3. The maximum absolute atomic E-state index is 12.9. The SMILES string of the molecule is CN=Nc1ccc2c(c1)C(=O)c1cc(N=Nc3ccc(N=NC)c(C)c3)ccc1-2. The van der Waals surface area contributed by atoms with Gasteiger partial charge in [0, 0.05) is 25.2 Å². The Hall–Kier alpha value is -3.87. The van der Waals surface area contributed by atoms with Crippen molar-refractivity contribution in [1.82, 2.24) is 0 Å². The van der Waals surface area contributed by atoms with Crippen molar-refractivity contribution in [3.8, 4) is 11.1 Å². The number of carbonyl (C=O) groups is 1. The van der Waals surface area contributed by atoms with Crippen LogP contribution < -0.4 is 0 Å². The van der Waals surface area contributed by atoms with Gasteiger partial charge < -0.3 is 0 Å². The van der Waals surface area contributed by atoms with Crippen LogP contribution in [0.2, 0.25) is 0 Å². The highest BCUT2D eigenvalue weighted by atomic mass is 16.1. The quantitative estimate of drug-likeness (QED) is 0.348. The zero-order valence-corrected chi connectivity index (χ0v) is 16.3. The maximum Gasteiger partial charge on any atom is 0.194 e. The number of carbonyl (C=O) groups excluding carboxylic acids is 1. The van der Waals surface area contributed by atoms with Crippen molar-refractivity contribution < 1.29 is 4.79 Å². The Kier molecular flexibility index (Phi) is 4.87. The van der Waals surface area contributed by atoms with Crippen LogP contribution in [0.4, 0.5) is 22.7 Å². The molecule has 4 rings (SSSR count). The molecule has 1 aliphatic carbocycles. The third kappa shape index (κ3) is 3.50. The van der Waals surface area contributed by atoms with E-state index < -0.39 is 0 Å². The first kappa shape index (κ1) is 18.5. The average molecular weight is 382 g/mol.